The summed E-state index contributed by atoms with van der Waals surface area (Å²) in [5.41, 5.74) is 2.25. The number of halogens is 1. The SMILES string of the molecule is CC(C)(CO)NC(Cc1ccccc1)c1ccccc1.Cl. The highest BCUT2D eigenvalue weighted by Crippen LogP contribution is 2.21. The van der Waals surface area contributed by atoms with E-state index in [1.54, 1.807) is 0 Å². The van der Waals surface area contributed by atoms with E-state index in [0.717, 1.165) is 6.42 Å². The molecule has 2 aromatic rings. The van der Waals surface area contributed by atoms with Gasteiger partial charge in [0.15, 0.2) is 0 Å². The van der Waals surface area contributed by atoms with E-state index < -0.39 is 0 Å². The van der Waals surface area contributed by atoms with E-state index in [-0.39, 0.29) is 30.6 Å². The Kier molecular flexibility index (Phi) is 6.90. The van der Waals surface area contributed by atoms with Gasteiger partial charge in [0.25, 0.3) is 0 Å². The van der Waals surface area contributed by atoms with Crippen molar-refractivity contribution in [3.8, 4) is 0 Å². The molecule has 2 nitrogen and oxygen atoms in total. The predicted octanol–water partition coefficient (Wildman–Crippen LogP) is 3.75. The number of hydrogen-bond donors (Lipinski definition) is 2. The average molecular weight is 306 g/mol. The van der Waals surface area contributed by atoms with Crippen molar-refractivity contribution in [2.75, 3.05) is 6.61 Å². The lowest BCUT2D eigenvalue weighted by Crippen LogP contribution is -2.45. The van der Waals surface area contributed by atoms with Crippen molar-refractivity contribution < 1.29 is 5.11 Å². The standard InChI is InChI=1S/C18H23NO.ClH/c1-18(2,14-20)19-17(16-11-7-4-8-12-16)13-15-9-5-3-6-10-15;/h3-12,17,19-20H,13-14H2,1-2H3;1H. The van der Waals surface area contributed by atoms with Crippen LogP contribution in [0.1, 0.15) is 31.0 Å². The maximum atomic E-state index is 9.49. The molecular formula is C18H24ClNO. The second kappa shape index (κ2) is 8.18. The van der Waals surface area contributed by atoms with E-state index in [1.165, 1.54) is 11.1 Å². The van der Waals surface area contributed by atoms with Crippen LogP contribution in [0.2, 0.25) is 0 Å². The molecule has 2 aromatic carbocycles. The number of aliphatic hydroxyl groups is 1. The second-order valence-electron chi connectivity index (χ2n) is 5.84. The highest BCUT2D eigenvalue weighted by atomic mass is 35.5. The quantitative estimate of drug-likeness (QED) is 0.852. The molecule has 0 aliphatic heterocycles. The fraction of sp³-hybridized carbons (Fsp3) is 0.333. The minimum atomic E-state index is -0.296. The van der Waals surface area contributed by atoms with Gasteiger partial charge in [0.05, 0.1) is 6.61 Å². The van der Waals surface area contributed by atoms with Gasteiger partial charge in [-0.15, -0.1) is 12.4 Å². The molecule has 0 saturated heterocycles. The van der Waals surface area contributed by atoms with Gasteiger partial charge >= 0.3 is 0 Å². The molecule has 0 aromatic heterocycles. The molecule has 2 rings (SSSR count). The average Bonchev–Trinajstić information content (AvgIpc) is 2.48. The Bertz CT molecular complexity index is 513. The van der Waals surface area contributed by atoms with Gasteiger partial charge in [-0.1, -0.05) is 60.7 Å². The lowest BCUT2D eigenvalue weighted by Gasteiger charge is -2.31. The molecule has 114 valence electrons. The Labute approximate surface area is 133 Å². The third-order valence-corrected chi connectivity index (χ3v) is 3.44. The zero-order valence-electron chi connectivity index (χ0n) is 12.6. The van der Waals surface area contributed by atoms with Gasteiger partial charge in [0.2, 0.25) is 0 Å². The summed E-state index contributed by atoms with van der Waals surface area (Å²) in [6, 6.07) is 21.0. The first-order valence-electron chi connectivity index (χ1n) is 7.08. The van der Waals surface area contributed by atoms with Crippen molar-refractivity contribution in [1.82, 2.24) is 5.32 Å². The summed E-state index contributed by atoms with van der Waals surface area (Å²) in [5, 5.41) is 13.1. The molecule has 3 heteroatoms. The number of rotatable bonds is 6. The third kappa shape index (κ3) is 5.50. The van der Waals surface area contributed by atoms with Gasteiger partial charge in [0.1, 0.15) is 0 Å². The fourth-order valence-corrected chi connectivity index (χ4v) is 2.30. The summed E-state index contributed by atoms with van der Waals surface area (Å²) < 4.78 is 0. The molecule has 0 spiro atoms. The largest absolute Gasteiger partial charge is 0.394 e. The molecule has 0 heterocycles. The lowest BCUT2D eigenvalue weighted by atomic mass is 9.95. The van der Waals surface area contributed by atoms with Crippen molar-refractivity contribution in [3.05, 3.63) is 71.8 Å². The molecule has 0 amide bonds. The van der Waals surface area contributed by atoms with Crippen molar-refractivity contribution in [1.29, 1.82) is 0 Å². The van der Waals surface area contributed by atoms with Gasteiger partial charge in [0, 0.05) is 11.6 Å². The predicted molar refractivity (Wildman–Crippen MR) is 90.9 cm³/mol. The first-order valence-corrected chi connectivity index (χ1v) is 7.08. The molecule has 2 N–H and O–H groups in total. The number of benzene rings is 2. The van der Waals surface area contributed by atoms with Crippen LogP contribution in [0, 0.1) is 0 Å². The zero-order valence-corrected chi connectivity index (χ0v) is 13.4. The van der Waals surface area contributed by atoms with Gasteiger partial charge in [-0.2, -0.15) is 0 Å². The Morgan fingerprint density at radius 3 is 2.00 bits per heavy atom. The van der Waals surface area contributed by atoms with Crippen LogP contribution in [-0.2, 0) is 6.42 Å². The molecule has 0 saturated carbocycles. The van der Waals surface area contributed by atoms with Crippen LogP contribution in [-0.4, -0.2) is 17.3 Å². The first-order chi connectivity index (χ1) is 9.61. The van der Waals surface area contributed by atoms with Gasteiger partial charge in [-0.05, 0) is 31.4 Å². The van der Waals surface area contributed by atoms with Crippen LogP contribution in [0.4, 0.5) is 0 Å². The fourth-order valence-electron chi connectivity index (χ4n) is 2.30. The number of nitrogens with one attached hydrogen (secondary N) is 1. The van der Waals surface area contributed by atoms with Gasteiger partial charge < -0.3 is 10.4 Å². The van der Waals surface area contributed by atoms with Crippen molar-refractivity contribution in [2.45, 2.75) is 31.8 Å². The van der Waals surface area contributed by atoms with E-state index in [1.807, 2.05) is 26.0 Å². The minimum Gasteiger partial charge on any atom is -0.394 e. The van der Waals surface area contributed by atoms with E-state index in [4.69, 9.17) is 0 Å². The summed E-state index contributed by atoms with van der Waals surface area (Å²) in [6.07, 6.45) is 0.911. The Morgan fingerprint density at radius 1 is 0.952 bits per heavy atom. The molecular weight excluding hydrogens is 282 g/mol. The van der Waals surface area contributed by atoms with Crippen LogP contribution in [0.3, 0.4) is 0 Å². The van der Waals surface area contributed by atoms with Crippen molar-refractivity contribution >= 4 is 12.4 Å². The number of hydrogen-bond acceptors (Lipinski definition) is 2. The van der Waals surface area contributed by atoms with Crippen LogP contribution in [0.15, 0.2) is 60.7 Å². The molecule has 0 fully saturated rings. The summed E-state index contributed by atoms with van der Waals surface area (Å²) in [7, 11) is 0. The zero-order chi connectivity index (χ0) is 14.4. The molecule has 1 atom stereocenters. The normalized spacial score (nSPS) is 12.5. The second-order valence-corrected chi connectivity index (χ2v) is 5.84. The third-order valence-electron chi connectivity index (χ3n) is 3.44. The molecule has 0 aliphatic carbocycles. The molecule has 0 aliphatic rings. The summed E-state index contributed by atoms with van der Waals surface area (Å²) >= 11 is 0. The molecule has 0 radical (unpaired) electrons. The molecule has 21 heavy (non-hydrogen) atoms. The van der Waals surface area contributed by atoms with E-state index in [0.29, 0.717) is 0 Å². The van der Waals surface area contributed by atoms with Gasteiger partial charge in [-0.25, -0.2) is 0 Å². The summed E-state index contributed by atoms with van der Waals surface area (Å²) in [6.45, 7) is 4.16. The van der Waals surface area contributed by atoms with E-state index >= 15 is 0 Å². The van der Waals surface area contributed by atoms with E-state index in [9.17, 15) is 5.11 Å². The summed E-state index contributed by atoms with van der Waals surface area (Å²) in [5.74, 6) is 0. The highest BCUT2D eigenvalue weighted by molar-refractivity contribution is 5.85. The van der Waals surface area contributed by atoms with Gasteiger partial charge in [-0.3, -0.25) is 0 Å². The smallest absolute Gasteiger partial charge is 0.0608 e. The molecule has 1 unspecified atom stereocenters. The Balaban J connectivity index is 0.00000220. The van der Waals surface area contributed by atoms with Crippen molar-refractivity contribution in [3.63, 3.8) is 0 Å². The lowest BCUT2D eigenvalue weighted by molar-refractivity contribution is 0.174. The summed E-state index contributed by atoms with van der Waals surface area (Å²) in [4.78, 5) is 0. The van der Waals surface area contributed by atoms with Crippen molar-refractivity contribution in [2.24, 2.45) is 0 Å². The maximum absolute atomic E-state index is 9.49. The minimum absolute atomic E-state index is 0. The Hall–Kier alpha value is -1.35. The topological polar surface area (TPSA) is 32.3 Å². The van der Waals surface area contributed by atoms with Crippen LogP contribution in [0.5, 0.6) is 0 Å². The monoisotopic (exact) mass is 305 g/mol. The van der Waals surface area contributed by atoms with E-state index in [2.05, 4.69) is 53.8 Å². The number of aliphatic hydroxyl groups excluding tert-OH is 1. The Morgan fingerprint density at radius 2 is 1.48 bits per heavy atom. The van der Waals surface area contributed by atoms with Crippen LogP contribution in [0.25, 0.3) is 0 Å². The van der Waals surface area contributed by atoms with Crippen LogP contribution < -0.4 is 5.32 Å². The maximum Gasteiger partial charge on any atom is 0.0608 e. The van der Waals surface area contributed by atoms with Crippen LogP contribution >= 0.6 is 12.4 Å². The molecule has 0 bridgehead atoms. The first kappa shape index (κ1) is 17.7. The highest BCUT2D eigenvalue weighted by Gasteiger charge is 2.22.